The van der Waals surface area contributed by atoms with E-state index in [1.165, 1.54) is 11.1 Å². The summed E-state index contributed by atoms with van der Waals surface area (Å²) in [4.78, 5) is 0. The molecular weight excluding hydrogens is 632 g/mol. The van der Waals surface area contributed by atoms with E-state index in [0.29, 0.717) is 24.7 Å². The lowest BCUT2D eigenvalue weighted by Crippen LogP contribution is -2.44. The van der Waals surface area contributed by atoms with Crippen LogP contribution < -0.4 is 0 Å². The van der Waals surface area contributed by atoms with Crippen LogP contribution in [-0.4, -0.2) is 29.5 Å². The Labute approximate surface area is 251 Å². The number of hydrogen-bond acceptors (Lipinski definition) is 6. The lowest BCUT2D eigenvalue weighted by Gasteiger charge is -2.46. The molecule has 8 nitrogen and oxygen atoms in total. The number of nitriles is 2. The number of halogens is 2. The fourth-order valence-corrected chi connectivity index (χ4v) is 7.30. The van der Waals surface area contributed by atoms with Gasteiger partial charge in [-0.15, -0.1) is 20.4 Å². The van der Waals surface area contributed by atoms with Gasteiger partial charge in [0.2, 0.25) is 0 Å². The van der Waals surface area contributed by atoms with E-state index in [2.05, 4.69) is 101 Å². The summed E-state index contributed by atoms with van der Waals surface area (Å²) < 4.78 is 6.12. The average Bonchev–Trinajstić information content (AvgIpc) is 3.52. The Balaban J connectivity index is 0.000000161. The predicted molar refractivity (Wildman–Crippen MR) is 158 cm³/mol. The quantitative estimate of drug-likeness (QED) is 0.237. The third kappa shape index (κ3) is 5.23. The second-order valence-electron chi connectivity index (χ2n) is 11.0. The first kappa shape index (κ1) is 28.2. The molecule has 6 rings (SSSR count). The molecule has 2 aliphatic carbocycles. The number of hydrogen-bond donors (Lipinski definition) is 0. The fourth-order valence-electron chi connectivity index (χ4n) is 6.50. The Bertz CT molecular complexity index is 1450. The van der Waals surface area contributed by atoms with Gasteiger partial charge in [-0.1, -0.05) is 56.1 Å². The molecule has 2 aromatic heterocycles. The Morgan fingerprint density at radius 2 is 1.15 bits per heavy atom. The van der Waals surface area contributed by atoms with Gasteiger partial charge in [0.25, 0.3) is 0 Å². The largest absolute Gasteiger partial charge is 0.320 e. The molecule has 0 N–H and O–H groups in total. The van der Waals surface area contributed by atoms with Crippen molar-refractivity contribution in [2.45, 2.75) is 49.4 Å². The average molecular weight is 662 g/mol. The summed E-state index contributed by atoms with van der Waals surface area (Å²) in [5.74, 6) is 2.89. The highest BCUT2D eigenvalue weighted by Crippen LogP contribution is 2.54. The van der Waals surface area contributed by atoms with Crippen LogP contribution in [0.1, 0.15) is 61.3 Å². The second-order valence-corrected chi connectivity index (χ2v) is 12.8. The van der Waals surface area contributed by atoms with E-state index in [-0.39, 0.29) is 10.8 Å². The molecule has 10 heteroatoms. The van der Waals surface area contributed by atoms with E-state index in [9.17, 15) is 0 Å². The first-order valence-corrected chi connectivity index (χ1v) is 14.8. The molecular formula is C30H30Br2N8. The van der Waals surface area contributed by atoms with Crippen molar-refractivity contribution in [2.75, 3.05) is 0 Å². The molecule has 4 aromatic rings. The predicted octanol–water partition coefficient (Wildman–Crippen LogP) is 6.37. The molecule has 0 amide bonds. The van der Waals surface area contributed by atoms with E-state index in [1.807, 2.05) is 35.4 Å². The van der Waals surface area contributed by atoms with E-state index >= 15 is 0 Å². The summed E-state index contributed by atoms with van der Waals surface area (Å²) >= 11 is 7.08. The Kier molecular flexibility index (Phi) is 8.21. The van der Waals surface area contributed by atoms with Crippen LogP contribution in [0.15, 0.2) is 70.1 Å². The molecule has 2 aliphatic rings. The molecule has 204 valence electrons. The van der Waals surface area contributed by atoms with Crippen molar-refractivity contribution in [3.05, 3.63) is 92.9 Å². The van der Waals surface area contributed by atoms with Crippen LogP contribution in [0.25, 0.3) is 0 Å². The van der Waals surface area contributed by atoms with Crippen molar-refractivity contribution in [3.8, 4) is 12.1 Å². The Morgan fingerprint density at radius 3 is 1.45 bits per heavy atom. The van der Waals surface area contributed by atoms with Crippen molar-refractivity contribution in [3.63, 3.8) is 0 Å². The van der Waals surface area contributed by atoms with E-state index in [0.717, 1.165) is 46.3 Å². The topological polar surface area (TPSA) is 109 Å². The fraction of sp³-hybridized carbons (Fsp3) is 0.400. The molecule has 2 aromatic carbocycles. The minimum absolute atomic E-state index is 0.101. The minimum Gasteiger partial charge on any atom is -0.320 e. The lowest BCUT2D eigenvalue weighted by atomic mass is 9.57. The summed E-state index contributed by atoms with van der Waals surface area (Å²) in [6, 6.07) is 21.3. The van der Waals surface area contributed by atoms with Gasteiger partial charge in [0, 0.05) is 35.9 Å². The van der Waals surface area contributed by atoms with Gasteiger partial charge in [-0.25, -0.2) is 0 Å². The van der Waals surface area contributed by atoms with Crippen LogP contribution >= 0.6 is 31.9 Å². The maximum Gasteiger partial charge on any atom is 0.143 e. The van der Waals surface area contributed by atoms with Crippen LogP contribution in [0, 0.1) is 34.5 Å². The Hall–Kier alpha value is -3.34. The standard InChI is InChI=1S/2C15H15BrN4/c2*1-20-10-18-19-14(20)15(8-11(9-15)5-6-17)12-3-2-4-13(16)7-12/h2*2-4,7,10-11H,5,8-9H2,1H3. The number of nitrogens with zero attached hydrogens (tertiary/aromatic N) is 8. The highest BCUT2D eigenvalue weighted by atomic mass is 79.9. The van der Waals surface area contributed by atoms with Gasteiger partial charge in [-0.05, 0) is 72.9 Å². The van der Waals surface area contributed by atoms with Crippen molar-refractivity contribution in [2.24, 2.45) is 25.9 Å². The minimum atomic E-state index is -0.101. The second kappa shape index (κ2) is 11.6. The van der Waals surface area contributed by atoms with Crippen molar-refractivity contribution < 1.29 is 0 Å². The highest BCUT2D eigenvalue weighted by Gasteiger charge is 2.50. The van der Waals surface area contributed by atoms with Gasteiger partial charge in [-0.3, -0.25) is 0 Å². The maximum atomic E-state index is 8.88. The maximum absolute atomic E-state index is 8.88. The van der Waals surface area contributed by atoms with Gasteiger partial charge >= 0.3 is 0 Å². The molecule has 0 aliphatic heterocycles. The highest BCUT2D eigenvalue weighted by molar-refractivity contribution is 9.10. The van der Waals surface area contributed by atoms with Gasteiger partial charge < -0.3 is 9.13 Å². The monoisotopic (exact) mass is 660 g/mol. The zero-order valence-electron chi connectivity index (χ0n) is 22.5. The molecule has 2 fully saturated rings. The first-order valence-electron chi connectivity index (χ1n) is 13.3. The molecule has 40 heavy (non-hydrogen) atoms. The van der Waals surface area contributed by atoms with Crippen molar-refractivity contribution in [1.82, 2.24) is 29.5 Å². The summed E-state index contributed by atoms with van der Waals surface area (Å²) in [5, 5.41) is 34.5. The number of aryl methyl sites for hydroxylation is 2. The summed E-state index contributed by atoms with van der Waals surface area (Å²) in [7, 11) is 3.96. The molecule has 0 unspecified atom stereocenters. The van der Waals surface area contributed by atoms with E-state index in [4.69, 9.17) is 10.5 Å². The number of rotatable bonds is 6. The summed E-state index contributed by atoms with van der Waals surface area (Å²) in [6.07, 6.45) is 8.57. The van der Waals surface area contributed by atoms with Crippen LogP contribution in [0.5, 0.6) is 0 Å². The third-order valence-corrected chi connectivity index (χ3v) is 9.33. The van der Waals surface area contributed by atoms with Gasteiger partial charge in [0.1, 0.15) is 24.3 Å². The summed E-state index contributed by atoms with van der Waals surface area (Å²) in [5.41, 5.74) is 2.29. The molecule has 0 radical (unpaired) electrons. The van der Waals surface area contributed by atoms with Crippen LogP contribution in [-0.2, 0) is 24.9 Å². The molecule has 0 spiro atoms. The lowest BCUT2D eigenvalue weighted by molar-refractivity contribution is 0.172. The van der Waals surface area contributed by atoms with E-state index in [1.54, 1.807) is 12.7 Å². The van der Waals surface area contributed by atoms with Crippen LogP contribution in [0.2, 0.25) is 0 Å². The molecule has 2 saturated carbocycles. The first-order chi connectivity index (χ1) is 19.3. The van der Waals surface area contributed by atoms with E-state index < -0.39 is 0 Å². The van der Waals surface area contributed by atoms with Gasteiger partial charge in [-0.2, -0.15) is 10.5 Å². The number of aromatic nitrogens is 6. The van der Waals surface area contributed by atoms with Crippen LogP contribution in [0.4, 0.5) is 0 Å². The Morgan fingerprint density at radius 1 is 0.750 bits per heavy atom. The molecule has 2 heterocycles. The van der Waals surface area contributed by atoms with Gasteiger partial charge in [0.05, 0.1) is 23.0 Å². The van der Waals surface area contributed by atoms with Crippen molar-refractivity contribution in [1.29, 1.82) is 10.5 Å². The number of benzene rings is 2. The third-order valence-electron chi connectivity index (χ3n) is 8.34. The smallest absolute Gasteiger partial charge is 0.143 e. The van der Waals surface area contributed by atoms with Crippen LogP contribution in [0.3, 0.4) is 0 Å². The van der Waals surface area contributed by atoms with Gasteiger partial charge in [0.15, 0.2) is 0 Å². The summed E-state index contributed by atoms with van der Waals surface area (Å²) in [6.45, 7) is 0. The van der Waals surface area contributed by atoms with Crippen molar-refractivity contribution >= 4 is 31.9 Å². The zero-order valence-corrected chi connectivity index (χ0v) is 25.7. The molecule has 0 bridgehead atoms. The normalized spacial score (nSPS) is 24.9. The molecule has 0 atom stereocenters. The molecule has 0 saturated heterocycles. The zero-order chi connectivity index (χ0) is 28.3. The SMILES string of the molecule is Cn1cnnc1C1(c2cccc(Br)c2)CC(CC#N)C1.Cn1cnnc1C1(c2cccc(Br)c2)CC(CC#N)C1.